The lowest BCUT2D eigenvalue weighted by Crippen LogP contribution is -2.44. The van der Waals surface area contributed by atoms with Gasteiger partial charge in [-0.25, -0.2) is 0 Å². The van der Waals surface area contributed by atoms with Gasteiger partial charge in [0.05, 0.1) is 19.3 Å². The molecule has 0 heterocycles. The summed E-state index contributed by atoms with van der Waals surface area (Å²) < 4.78 is 5.38. The van der Waals surface area contributed by atoms with Crippen molar-refractivity contribution in [3.05, 3.63) is 39.8 Å². The molecule has 3 aliphatic rings. The van der Waals surface area contributed by atoms with Crippen LogP contribution in [0.15, 0.2) is 23.3 Å². The Morgan fingerprint density at radius 1 is 1.38 bits per heavy atom. The topological polar surface area (TPSA) is 78.2 Å². The Morgan fingerprint density at radius 2 is 2.21 bits per heavy atom. The maximum Gasteiger partial charge on any atom is 0.119 e. The van der Waals surface area contributed by atoms with Crippen LogP contribution in [0.5, 0.6) is 5.75 Å². The molecule has 2 fully saturated rings. The Labute approximate surface area is 142 Å². The minimum atomic E-state index is -0.503. The van der Waals surface area contributed by atoms with E-state index in [4.69, 9.17) is 10.3 Å². The number of ether oxygens (including phenoxy) is 1. The molecule has 0 aliphatic heterocycles. The highest BCUT2D eigenvalue weighted by Crippen LogP contribution is 2.61. The van der Waals surface area contributed by atoms with Gasteiger partial charge in [-0.2, -0.15) is 0 Å². The van der Waals surface area contributed by atoms with Crippen LogP contribution in [0.2, 0.25) is 0 Å². The Hall–Kier alpha value is -1.71. The van der Waals surface area contributed by atoms with E-state index in [1.807, 2.05) is 0 Å². The molecule has 0 aromatic heterocycles. The number of azide groups is 1. The molecule has 5 nitrogen and oxygen atoms in total. The smallest absolute Gasteiger partial charge is 0.119 e. The monoisotopic (exact) mass is 327 g/mol. The van der Waals surface area contributed by atoms with Crippen molar-refractivity contribution in [2.24, 2.45) is 22.4 Å². The summed E-state index contributed by atoms with van der Waals surface area (Å²) in [5.74, 6) is 2.53. The van der Waals surface area contributed by atoms with Crippen molar-refractivity contribution in [2.45, 2.75) is 57.1 Å². The van der Waals surface area contributed by atoms with Gasteiger partial charge in [0.2, 0.25) is 0 Å². The Kier molecular flexibility index (Phi) is 3.74. The normalized spacial score (nSPS) is 40.0. The van der Waals surface area contributed by atoms with Crippen LogP contribution in [0.25, 0.3) is 10.4 Å². The third-order valence-corrected chi connectivity index (χ3v) is 7.11. The van der Waals surface area contributed by atoms with Gasteiger partial charge in [-0.15, -0.1) is 0 Å². The second-order valence-corrected chi connectivity index (χ2v) is 7.98. The van der Waals surface area contributed by atoms with Crippen LogP contribution in [-0.4, -0.2) is 24.4 Å². The van der Waals surface area contributed by atoms with Crippen LogP contribution in [0.1, 0.15) is 49.7 Å². The number of hydrogen-bond acceptors (Lipinski definition) is 3. The predicted molar refractivity (Wildman–Crippen MR) is 91.9 cm³/mol. The molecule has 1 aromatic rings. The van der Waals surface area contributed by atoms with E-state index < -0.39 is 6.10 Å². The lowest BCUT2D eigenvalue weighted by molar-refractivity contribution is -0.0255. The molecular weight excluding hydrogens is 302 g/mol. The molecule has 6 atom stereocenters. The first kappa shape index (κ1) is 15.8. The first-order valence-corrected chi connectivity index (χ1v) is 8.97. The van der Waals surface area contributed by atoms with E-state index in [-0.39, 0.29) is 11.5 Å². The highest BCUT2D eigenvalue weighted by atomic mass is 16.5. The van der Waals surface area contributed by atoms with Gasteiger partial charge in [0.15, 0.2) is 0 Å². The van der Waals surface area contributed by atoms with E-state index in [0.29, 0.717) is 17.8 Å². The molecule has 1 N–H and O–H groups in total. The fourth-order valence-electron chi connectivity index (χ4n) is 5.85. The zero-order chi connectivity index (χ0) is 16.9. The first-order valence-electron chi connectivity index (χ1n) is 8.97. The predicted octanol–water partition coefficient (Wildman–Crippen LogP) is 4.20. The molecule has 1 aromatic carbocycles. The number of aliphatic hydroxyl groups excluding tert-OH is 1. The van der Waals surface area contributed by atoms with E-state index in [1.165, 1.54) is 11.1 Å². The zero-order valence-corrected chi connectivity index (χ0v) is 14.4. The van der Waals surface area contributed by atoms with Crippen molar-refractivity contribution in [1.82, 2.24) is 0 Å². The van der Waals surface area contributed by atoms with Gasteiger partial charge in [0, 0.05) is 4.91 Å². The SMILES string of the molecule is COc1ccc2c(c1)CC[C@@H]1[C@@H]2CC[C@@]2(C)[C@@H](O)[C@H](N=[N+]=[N-])C[C@@H]12. The lowest BCUT2D eigenvalue weighted by Gasteiger charge is -2.50. The summed E-state index contributed by atoms with van der Waals surface area (Å²) in [6.45, 7) is 2.20. The number of methoxy groups -OCH3 is 1. The lowest BCUT2D eigenvalue weighted by atomic mass is 9.55. The second-order valence-electron chi connectivity index (χ2n) is 7.98. The van der Waals surface area contributed by atoms with Gasteiger partial charge in [-0.1, -0.05) is 18.1 Å². The third kappa shape index (κ3) is 2.15. The average molecular weight is 327 g/mol. The van der Waals surface area contributed by atoms with E-state index in [9.17, 15) is 5.11 Å². The zero-order valence-electron chi connectivity index (χ0n) is 14.4. The summed E-state index contributed by atoms with van der Waals surface area (Å²) in [4.78, 5) is 2.97. The summed E-state index contributed by atoms with van der Waals surface area (Å²) in [5.41, 5.74) is 11.6. The number of rotatable bonds is 2. The van der Waals surface area contributed by atoms with Gasteiger partial charge in [-0.05, 0) is 84.1 Å². The second kappa shape index (κ2) is 5.68. The van der Waals surface area contributed by atoms with Crippen molar-refractivity contribution in [2.75, 3.05) is 7.11 Å². The fraction of sp³-hybridized carbons (Fsp3) is 0.684. The van der Waals surface area contributed by atoms with Crippen molar-refractivity contribution in [3.8, 4) is 5.75 Å². The Morgan fingerprint density at radius 3 is 2.96 bits per heavy atom. The van der Waals surface area contributed by atoms with E-state index in [0.717, 1.165) is 37.9 Å². The third-order valence-electron chi connectivity index (χ3n) is 7.11. The molecule has 5 heteroatoms. The molecule has 0 spiro atoms. The van der Waals surface area contributed by atoms with E-state index in [2.05, 4.69) is 35.1 Å². The number of aliphatic hydroxyl groups is 1. The van der Waals surface area contributed by atoms with Gasteiger partial charge in [0.1, 0.15) is 5.75 Å². The van der Waals surface area contributed by atoms with Gasteiger partial charge in [-0.3, -0.25) is 0 Å². The molecule has 0 bridgehead atoms. The molecule has 24 heavy (non-hydrogen) atoms. The van der Waals surface area contributed by atoms with Gasteiger partial charge >= 0.3 is 0 Å². The van der Waals surface area contributed by atoms with E-state index in [1.54, 1.807) is 7.11 Å². The molecule has 0 amide bonds. The Bertz CT molecular complexity index is 700. The number of nitrogens with zero attached hydrogens (tertiary/aromatic N) is 3. The molecule has 0 radical (unpaired) electrons. The molecule has 0 saturated heterocycles. The number of aryl methyl sites for hydroxylation is 1. The summed E-state index contributed by atoms with van der Waals surface area (Å²) in [6.07, 6.45) is 4.66. The maximum atomic E-state index is 10.7. The average Bonchev–Trinajstić information content (AvgIpc) is 2.86. The van der Waals surface area contributed by atoms with Crippen molar-refractivity contribution >= 4 is 0 Å². The van der Waals surface area contributed by atoms with Gasteiger partial charge < -0.3 is 9.84 Å². The minimum Gasteiger partial charge on any atom is -0.497 e. The Balaban J connectivity index is 1.67. The van der Waals surface area contributed by atoms with Crippen molar-refractivity contribution < 1.29 is 9.84 Å². The highest BCUT2D eigenvalue weighted by Gasteiger charge is 2.57. The molecule has 128 valence electrons. The molecule has 3 aliphatic carbocycles. The van der Waals surface area contributed by atoms with Crippen LogP contribution >= 0.6 is 0 Å². The van der Waals surface area contributed by atoms with Crippen LogP contribution in [0.3, 0.4) is 0 Å². The number of fused-ring (bicyclic) bond motifs is 5. The largest absolute Gasteiger partial charge is 0.497 e. The highest BCUT2D eigenvalue weighted by molar-refractivity contribution is 5.40. The number of benzene rings is 1. The van der Waals surface area contributed by atoms with Crippen LogP contribution in [-0.2, 0) is 6.42 Å². The first-order chi connectivity index (χ1) is 11.6. The number of hydrogen-bond donors (Lipinski definition) is 1. The van der Waals surface area contributed by atoms with Crippen LogP contribution in [0, 0.1) is 17.3 Å². The van der Waals surface area contributed by atoms with Crippen LogP contribution < -0.4 is 4.74 Å². The molecule has 4 rings (SSSR count). The quantitative estimate of drug-likeness (QED) is 0.502. The van der Waals surface area contributed by atoms with Crippen molar-refractivity contribution in [1.29, 1.82) is 0 Å². The summed E-state index contributed by atoms with van der Waals surface area (Å²) in [6, 6.07) is 6.23. The molecule has 0 unspecified atom stereocenters. The van der Waals surface area contributed by atoms with E-state index >= 15 is 0 Å². The van der Waals surface area contributed by atoms with Gasteiger partial charge in [0.25, 0.3) is 0 Å². The minimum absolute atomic E-state index is 0.107. The summed E-state index contributed by atoms with van der Waals surface area (Å²) >= 11 is 0. The summed E-state index contributed by atoms with van der Waals surface area (Å²) in [5, 5.41) is 14.6. The summed E-state index contributed by atoms with van der Waals surface area (Å²) in [7, 11) is 1.72. The molecular formula is C19H25N3O2. The standard InChI is InChI=1S/C19H25N3O2/c1-19-8-7-14-13-6-4-12(24-2)9-11(13)3-5-15(14)16(19)10-17(18(19)23)21-22-20/h4,6,9,14-18,23H,3,5,7-8,10H2,1-2H3/t14-,15-,16+,17-,18+,19-/m1/s1. The maximum absolute atomic E-state index is 10.7. The molecule has 2 saturated carbocycles. The van der Waals surface area contributed by atoms with Crippen molar-refractivity contribution in [3.63, 3.8) is 0 Å². The van der Waals surface area contributed by atoms with Crippen LogP contribution in [0.4, 0.5) is 0 Å². The fourth-order valence-corrected chi connectivity index (χ4v) is 5.85.